The fourth-order valence-corrected chi connectivity index (χ4v) is 1.40. The molecule has 0 aromatic carbocycles. The van der Waals surface area contributed by atoms with Crippen LogP contribution in [0, 0.1) is 11.8 Å². The summed E-state index contributed by atoms with van der Waals surface area (Å²) in [5, 5.41) is 0. The van der Waals surface area contributed by atoms with E-state index in [0.717, 1.165) is 5.92 Å². The Labute approximate surface area is 53.8 Å². The van der Waals surface area contributed by atoms with E-state index in [1.54, 1.807) is 0 Å². The quantitative estimate of drug-likeness (QED) is 0.489. The van der Waals surface area contributed by atoms with Gasteiger partial charge >= 0.3 is 0 Å². The molecule has 42 valence electrons. The second-order valence-electron chi connectivity index (χ2n) is 2.21. The van der Waals surface area contributed by atoms with Gasteiger partial charge in [0.05, 0.1) is 0 Å². The smallest absolute Gasteiger partial charge is 0.105 e. The molecule has 0 saturated heterocycles. The Balaban J connectivity index is 2.20. The fourth-order valence-electron chi connectivity index (χ4n) is 0.702. The van der Waals surface area contributed by atoms with E-state index in [1.807, 2.05) is 0 Å². The average molecular weight is 139 g/mol. The minimum absolute atomic E-state index is 0.116. The monoisotopic (exact) mass is 138 g/mol. The highest BCUT2D eigenvalue weighted by atomic mass is 35.5. The van der Waals surface area contributed by atoms with Gasteiger partial charge in [0.2, 0.25) is 0 Å². The SMILES string of the molecule is CC1CC1C(Cl)Cl. The molecule has 0 radical (unpaired) electrons. The first-order valence-corrected chi connectivity index (χ1v) is 3.37. The van der Waals surface area contributed by atoms with Gasteiger partial charge in [-0.2, -0.15) is 0 Å². The molecule has 1 aliphatic rings. The molecule has 2 heteroatoms. The molecular formula is C5H8Cl2. The summed E-state index contributed by atoms with van der Waals surface area (Å²) >= 11 is 11.1. The summed E-state index contributed by atoms with van der Waals surface area (Å²) in [6.07, 6.45) is 1.22. The Kier molecular flexibility index (Phi) is 1.49. The second-order valence-corrected chi connectivity index (χ2v) is 3.38. The molecule has 0 N–H and O–H groups in total. The highest BCUT2D eigenvalue weighted by Gasteiger charge is 2.37. The van der Waals surface area contributed by atoms with Crippen molar-refractivity contribution in [3.8, 4) is 0 Å². The van der Waals surface area contributed by atoms with Gasteiger partial charge in [0.25, 0.3) is 0 Å². The van der Waals surface area contributed by atoms with Crippen LogP contribution in [0.1, 0.15) is 13.3 Å². The van der Waals surface area contributed by atoms with Gasteiger partial charge in [-0.05, 0) is 18.3 Å². The van der Waals surface area contributed by atoms with Gasteiger partial charge in [-0.1, -0.05) is 6.92 Å². The predicted molar refractivity (Wildman–Crippen MR) is 32.8 cm³/mol. The zero-order valence-electron chi connectivity index (χ0n) is 4.20. The molecule has 0 nitrogen and oxygen atoms in total. The number of hydrogen-bond acceptors (Lipinski definition) is 0. The highest BCUT2D eigenvalue weighted by Crippen LogP contribution is 2.44. The standard InChI is InChI=1S/C5H8Cl2/c1-3-2-4(3)5(6)7/h3-5H,2H2,1H3. The van der Waals surface area contributed by atoms with E-state index in [1.165, 1.54) is 6.42 Å². The van der Waals surface area contributed by atoms with Crippen molar-refractivity contribution in [3.05, 3.63) is 0 Å². The average Bonchev–Trinajstić information content (AvgIpc) is 2.17. The van der Waals surface area contributed by atoms with Gasteiger partial charge in [0.15, 0.2) is 0 Å². The molecule has 0 aliphatic heterocycles. The lowest BCUT2D eigenvalue weighted by atomic mass is 10.4. The van der Waals surface area contributed by atoms with E-state index < -0.39 is 0 Å². The van der Waals surface area contributed by atoms with E-state index in [0.29, 0.717) is 5.92 Å². The summed E-state index contributed by atoms with van der Waals surface area (Å²) in [4.78, 5) is -0.116. The van der Waals surface area contributed by atoms with Crippen LogP contribution in [0.25, 0.3) is 0 Å². The van der Waals surface area contributed by atoms with E-state index in [4.69, 9.17) is 23.2 Å². The molecule has 1 aliphatic carbocycles. The molecule has 1 fully saturated rings. The topological polar surface area (TPSA) is 0 Å². The van der Waals surface area contributed by atoms with E-state index >= 15 is 0 Å². The summed E-state index contributed by atoms with van der Waals surface area (Å²) in [5.41, 5.74) is 0. The normalized spacial score (nSPS) is 39.4. The van der Waals surface area contributed by atoms with Gasteiger partial charge in [0.1, 0.15) is 4.84 Å². The van der Waals surface area contributed by atoms with Gasteiger partial charge in [0, 0.05) is 0 Å². The summed E-state index contributed by atoms with van der Waals surface area (Å²) in [7, 11) is 0. The number of hydrogen-bond donors (Lipinski definition) is 0. The molecule has 0 aromatic rings. The Hall–Kier alpha value is 0.580. The fraction of sp³-hybridized carbons (Fsp3) is 1.00. The minimum atomic E-state index is -0.116. The van der Waals surface area contributed by atoms with Crippen LogP contribution >= 0.6 is 23.2 Å². The Morgan fingerprint density at radius 3 is 2.00 bits per heavy atom. The summed E-state index contributed by atoms with van der Waals surface area (Å²) in [5.74, 6) is 1.38. The zero-order valence-corrected chi connectivity index (χ0v) is 5.71. The Morgan fingerprint density at radius 1 is 1.57 bits per heavy atom. The van der Waals surface area contributed by atoms with Crippen LogP contribution in [-0.4, -0.2) is 4.84 Å². The zero-order chi connectivity index (χ0) is 5.44. The molecule has 0 aromatic heterocycles. The van der Waals surface area contributed by atoms with Crippen molar-refractivity contribution in [1.29, 1.82) is 0 Å². The van der Waals surface area contributed by atoms with Crippen LogP contribution in [0.2, 0.25) is 0 Å². The van der Waals surface area contributed by atoms with Crippen molar-refractivity contribution in [3.63, 3.8) is 0 Å². The Bertz CT molecular complexity index is 70.5. The van der Waals surface area contributed by atoms with Gasteiger partial charge < -0.3 is 0 Å². The molecule has 2 atom stereocenters. The van der Waals surface area contributed by atoms with Crippen LogP contribution < -0.4 is 0 Å². The van der Waals surface area contributed by atoms with Crippen LogP contribution in [0.5, 0.6) is 0 Å². The van der Waals surface area contributed by atoms with Crippen LogP contribution in [0.3, 0.4) is 0 Å². The number of rotatable bonds is 1. The maximum absolute atomic E-state index is 5.54. The van der Waals surface area contributed by atoms with Gasteiger partial charge in [-0.15, -0.1) is 23.2 Å². The lowest BCUT2D eigenvalue weighted by molar-refractivity contribution is 0.810. The molecule has 0 heterocycles. The Morgan fingerprint density at radius 2 is 2.00 bits per heavy atom. The second kappa shape index (κ2) is 1.83. The van der Waals surface area contributed by atoms with Crippen molar-refractivity contribution in [2.45, 2.75) is 18.2 Å². The van der Waals surface area contributed by atoms with Crippen molar-refractivity contribution in [1.82, 2.24) is 0 Å². The third-order valence-corrected chi connectivity index (χ3v) is 2.14. The lowest BCUT2D eigenvalue weighted by Crippen LogP contribution is -1.88. The first-order chi connectivity index (χ1) is 3.22. The third kappa shape index (κ3) is 1.23. The molecule has 0 amide bonds. The van der Waals surface area contributed by atoms with Crippen LogP contribution in [-0.2, 0) is 0 Å². The predicted octanol–water partition coefficient (Wildman–Crippen LogP) is 2.45. The molecule has 1 saturated carbocycles. The third-order valence-electron chi connectivity index (χ3n) is 1.50. The maximum Gasteiger partial charge on any atom is 0.110 e. The largest absolute Gasteiger partial charge is 0.110 e. The van der Waals surface area contributed by atoms with Crippen molar-refractivity contribution in [2.75, 3.05) is 0 Å². The minimum Gasteiger partial charge on any atom is -0.105 e. The van der Waals surface area contributed by atoms with Crippen molar-refractivity contribution >= 4 is 23.2 Å². The summed E-state index contributed by atoms with van der Waals surface area (Å²) < 4.78 is 0. The van der Waals surface area contributed by atoms with Crippen LogP contribution in [0.4, 0.5) is 0 Å². The summed E-state index contributed by atoms with van der Waals surface area (Å²) in [6.45, 7) is 2.17. The van der Waals surface area contributed by atoms with Crippen LogP contribution in [0.15, 0.2) is 0 Å². The molecule has 7 heavy (non-hydrogen) atoms. The highest BCUT2D eigenvalue weighted by molar-refractivity contribution is 6.44. The maximum atomic E-state index is 5.54. The molecule has 0 bridgehead atoms. The molecular weight excluding hydrogens is 131 g/mol. The van der Waals surface area contributed by atoms with E-state index in [9.17, 15) is 0 Å². The first kappa shape index (κ1) is 5.71. The molecule has 2 unspecified atom stereocenters. The molecule has 1 rings (SSSR count). The van der Waals surface area contributed by atoms with Gasteiger partial charge in [-0.3, -0.25) is 0 Å². The molecule has 0 spiro atoms. The first-order valence-electron chi connectivity index (χ1n) is 2.50. The lowest BCUT2D eigenvalue weighted by Gasteiger charge is -1.91. The number of halogens is 2. The number of alkyl halides is 2. The van der Waals surface area contributed by atoms with Crippen molar-refractivity contribution < 1.29 is 0 Å². The summed E-state index contributed by atoms with van der Waals surface area (Å²) in [6, 6.07) is 0. The van der Waals surface area contributed by atoms with E-state index in [2.05, 4.69) is 6.92 Å². The van der Waals surface area contributed by atoms with E-state index in [-0.39, 0.29) is 4.84 Å². The van der Waals surface area contributed by atoms with Gasteiger partial charge in [-0.25, -0.2) is 0 Å². The van der Waals surface area contributed by atoms with Crippen molar-refractivity contribution in [2.24, 2.45) is 11.8 Å².